The van der Waals surface area contributed by atoms with Gasteiger partial charge in [0.1, 0.15) is 0 Å². The van der Waals surface area contributed by atoms with E-state index in [1.165, 1.54) is 7.11 Å². The number of carbonyl (C=O) groups excluding carboxylic acids is 1. The zero-order valence-corrected chi connectivity index (χ0v) is 9.13. The molecule has 0 aliphatic heterocycles. The molecular formula is C10H12F2N2O3. The lowest BCUT2D eigenvalue weighted by Gasteiger charge is -2.11. The Kier molecular flexibility index (Phi) is 4.33. The molecule has 17 heavy (non-hydrogen) atoms. The summed E-state index contributed by atoms with van der Waals surface area (Å²) in [5, 5.41) is 0. The van der Waals surface area contributed by atoms with Gasteiger partial charge < -0.3 is 15.5 Å². The van der Waals surface area contributed by atoms with Crippen molar-refractivity contribution >= 4 is 5.97 Å². The molecule has 0 aliphatic rings. The minimum atomic E-state index is -2.81. The van der Waals surface area contributed by atoms with E-state index in [0.717, 1.165) is 6.07 Å². The Hall–Kier alpha value is -1.76. The number of nitrogens with two attached hydrogens (primary N) is 1. The Labute approximate surface area is 95.6 Å². The number of H-pyrrole nitrogens is 1. The number of ether oxygens (including phenoxy) is 1. The minimum absolute atomic E-state index is 0.0714. The van der Waals surface area contributed by atoms with Crippen molar-refractivity contribution in [2.24, 2.45) is 5.73 Å². The number of alkyl halides is 2. The highest BCUT2D eigenvalue weighted by Crippen LogP contribution is 2.23. The van der Waals surface area contributed by atoms with Crippen molar-refractivity contribution in [3.05, 3.63) is 33.2 Å². The van der Waals surface area contributed by atoms with Crippen molar-refractivity contribution in [3.63, 3.8) is 0 Å². The molecule has 0 aromatic carbocycles. The molecule has 0 fully saturated rings. The molecule has 0 atom stereocenters. The van der Waals surface area contributed by atoms with Crippen LogP contribution in [0.25, 0.3) is 0 Å². The van der Waals surface area contributed by atoms with Crippen LogP contribution in [0.3, 0.4) is 0 Å². The van der Waals surface area contributed by atoms with E-state index in [1.54, 1.807) is 0 Å². The summed E-state index contributed by atoms with van der Waals surface area (Å²) < 4.78 is 29.7. The number of aromatic amines is 1. The van der Waals surface area contributed by atoms with Gasteiger partial charge in [0, 0.05) is 23.9 Å². The molecule has 7 heteroatoms. The predicted molar refractivity (Wildman–Crippen MR) is 55.6 cm³/mol. The first-order valence-corrected chi connectivity index (χ1v) is 4.79. The van der Waals surface area contributed by atoms with Crippen LogP contribution in [-0.4, -0.2) is 18.1 Å². The van der Waals surface area contributed by atoms with Crippen LogP contribution in [0, 0.1) is 0 Å². The van der Waals surface area contributed by atoms with E-state index < -0.39 is 23.5 Å². The summed E-state index contributed by atoms with van der Waals surface area (Å²) in [7, 11) is 1.17. The van der Waals surface area contributed by atoms with Gasteiger partial charge in [-0.3, -0.25) is 9.59 Å². The Bertz CT molecular complexity index is 471. The summed E-state index contributed by atoms with van der Waals surface area (Å²) in [5.41, 5.74) is 4.35. The first-order chi connectivity index (χ1) is 7.99. The highest BCUT2D eigenvalue weighted by Gasteiger charge is 2.18. The molecule has 0 saturated heterocycles. The third kappa shape index (κ3) is 3.10. The normalized spacial score (nSPS) is 10.6. The molecular weight excluding hydrogens is 234 g/mol. The number of halogens is 2. The Morgan fingerprint density at radius 1 is 1.59 bits per heavy atom. The number of pyridine rings is 1. The van der Waals surface area contributed by atoms with E-state index in [1.807, 2.05) is 0 Å². The fourth-order valence-electron chi connectivity index (χ4n) is 1.47. The summed E-state index contributed by atoms with van der Waals surface area (Å²) in [5.74, 6) is -0.637. The molecule has 0 aliphatic carbocycles. The van der Waals surface area contributed by atoms with Gasteiger partial charge in [-0.2, -0.15) is 0 Å². The molecule has 94 valence electrons. The van der Waals surface area contributed by atoms with E-state index in [-0.39, 0.29) is 24.2 Å². The number of nitrogens with one attached hydrogen (secondary N) is 1. The van der Waals surface area contributed by atoms with Gasteiger partial charge in [0.05, 0.1) is 13.5 Å². The largest absolute Gasteiger partial charge is 0.469 e. The van der Waals surface area contributed by atoms with Crippen molar-refractivity contribution in [1.82, 2.24) is 4.98 Å². The highest BCUT2D eigenvalue weighted by atomic mass is 19.3. The summed E-state index contributed by atoms with van der Waals surface area (Å²) in [6.07, 6.45) is -3.11. The van der Waals surface area contributed by atoms with Gasteiger partial charge in [0.2, 0.25) is 5.56 Å². The molecule has 0 spiro atoms. The standard InChI is InChI=1S/C10H12F2N2O3/c1-17-9(16)3-7-6(4-13)5(10(11)12)2-8(15)14-7/h2,10H,3-4,13H2,1H3,(H,14,15). The molecule has 0 amide bonds. The number of hydrogen-bond donors (Lipinski definition) is 2. The maximum Gasteiger partial charge on any atom is 0.311 e. The second-order valence-corrected chi connectivity index (χ2v) is 3.30. The zero-order chi connectivity index (χ0) is 13.0. The first-order valence-electron chi connectivity index (χ1n) is 4.79. The van der Waals surface area contributed by atoms with Gasteiger partial charge in [0.15, 0.2) is 0 Å². The average molecular weight is 246 g/mol. The van der Waals surface area contributed by atoms with Crippen molar-refractivity contribution < 1.29 is 18.3 Å². The molecule has 1 rings (SSSR count). The second kappa shape index (κ2) is 5.53. The molecule has 0 unspecified atom stereocenters. The second-order valence-electron chi connectivity index (χ2n) is 3.30. The van der Waals surface area contributed by atoms with E-state index in [0.29, 0.717) is 0 Å². The van der Waals surface area contributed by atoms with E-state index >= 15 is 0 Å². The Balaban J connectivity index is 3.28. The van der Waals surface area contributed by atoms with Crippen LogP contribution in [0.1, 0.15) is 23.2 Å². The van der Waals surface area contributed by atoms with E-state index in [2.05, 4.69) is 9.72 Å². The van der Waals surface area contributed by atoms with Crippen LogP contribution in [0.4, 0.5) is 8.78 Å². The molecule has 0 saturated carbocycles. The lowest BCUT2D eigenvalue weighted by atomic mass is 10.0. The molecule has 0 bridgehead atoms. The Morgan fingerprint density at radius 3 is 2.71 bits per heavy atom. The lowest BCUT2D eigenvalue weighted by molar-refractivity contribution is -0.139. The van der Waals surface area contributed by atoms with Crippen LogP contribution in [0.15, 0.2) is 10.9 Å². The quantitative estimate of drug-likeness (QED) is 0.757. The van der Waals surface area contributed by atoms with Crippen LogP contribution in [0.2, 0.25) is 0 Å². The highest BCUT2D eigenvalue weighted by molar-refractivity contribution is 5.72. The van der Waals surface area contributed by atoms with Crippen molar-refractivity contribution in [2.45, 2.75) is 19.4 Å². The SMILES string of the molecule is COC(=O)Cc1[nH]c(=O)cc(C(F)F)c1CN. The Morgan fingerprint density at radius 2 is 2.24 bits per heavy atom. The molecule has 0 radical (unpaired) electrons. The topological polar surface area (TPSA) is 85.2 Å². The smallest absolute Gasteiger partial charge is 0.311 e. The zero-order valence-electron chi connectivity index (χ0n) is 9.13. The van der Waals surface area contributed by atoms with Gasteiger partial charge in [-0.15, -0.1) is 0 Å². The molecule has 1 aromatic heterocycles. The number of hydrogen-bond acceptors (Lipinski definition) is 4. The van der Waals surface area contributed by atoms with Crippen LogP contribution < -0.4 is 11.3 Å². The lowest BCUT2D eigenvalue weighted by Crippen LogP contribution is -2.19. The molecule has 1 heterocycles. The van der Waals surface area contributed by atoms with Gasteiger partial charge in [-0.1, -0.05) is 0 Å². The molecule has 3 N–H and O–H groups in total. The van der Waals surface area contributed by atoms with E-state index in [4.69, 9.17) is 5.73 Å². The summed E-state index contributed by atoms with van der Waals surface area (Å²) in [6.45, 7) is -0.192. The summed E-state index contributed by atoms with van der Waals surface area (Å²) in [6, 6.07) is 0.785. The fourth-order valence-corrected chi connectivity index (χ4v) is 1.47. The van der Waals surface area contributed by atoms with Crippen LogP contribution in [0.5, 0.6) is 0 Å². The van der Waals surface area contributed by atoms with Gasteiger partial charge in [-0.25, -0.2) is 8.78 Å². The fraction of sp³-hybridized carbons (Fsp3) is 0.400. The third-order valence-corrected chi connectivity index (χ3v) is 2.26. The third-order valence-electron chi connectivity index (χ3n) is 2.26. The number of aromatic nitrogens is 1. The number of rotatable bonds is 4. The predicted octanol–water partition coefficient (Wildman–Crippen LogP) is 0.487. The maximum absolute atomic E-state index is 12.7. The number of esters is 1. The number of carbonyl (C=O) groups is 1. The number of methoxy groups -OCH3 is 1. The van der Waals surface area contributed by atoms with E-state index in [9.17, 15) is 18.4 Å². The maximum atomic E-state index is 12.7. The van der Waals surface area contributed by atoms with Gasteiger partial charge in [0.25, 0.3) is 6.43 Å². The van der Waals surface area contributed by atoms with Gasteiger partial charge >= 0.3 is 5.97 Å². The monoisotopic (exact) mass is 246 g/mol. The summed E-state index contributed by atoms with van der Waals surface area (Å²) in [4.78, 5) is 24.6. The van der Waals surface area contributed by atoms with Crippen molar-refractivity contribution in [1.29, 1.82) is 0 Å². The van der Waals surface area contributed by atoms with Crippen LogP contribution >= 0.6 is 0 Å². The molecule has 5 nitrogen and oxygen atoms in total. The van der Waals surface area contributed by atoms with Gasteiger partial charge in [-0.05, 0) is 5.56 Å². The average Bonchev–Trinajstić information content (AvgIpc) is 2.28. The molecule has 1 aromatic rings. The van der Waals surface area contributed by atoms with Crippen molar-refractivity contribution in [2.75, 3.05) is 7.11 Å². The minimum Gasteiger partial charge on any atom is -0.469 e. The van der Waals surface area contributed by atoms with Crippen LogP contribution in [-0.2, 0) is 22.5 Å². The first kappa shape index (κ1) is 13.3. The van der Waals surface area contributed by atoms with Crippen molar-refractivity contribution in [3.8, 4) is 0 Å². The summed E-state index contributed by atoms with van der Waals surface area (Å²) >= 11 is 0.